The molecule has 0 amide bonds. The maximum absolute atomic E-state index is 10.1. The summed E-state index contributed by atoms with van der Waals surface area (Å²) >= 11 is 1.25. The molecule has 3 rings (SSSR count). The van der Waals surface area contributed by atoms with Crippen molar-refractivity contribution in [1.82, 2.24) is 4.90 Å². The van der Waals surface area contributed by atoms with Gasteiger partial charge in [-0.1, -0.05) is 6.07 Å². The summed E-state index contributed by atoms with van der Waals surface area (Å²) in [5.74, 6) is 0.308. The van der Waals surface area contributed by atoms with Crippen LogP contribution in [0, 0.1) is 6.92 Å². The first-order valence-electron chi connectivity index (χ1n) is 7.76. The van der Waals surface area contributed by atoms with Crippen molar-refractivity contribution in [2.75, 3.05) is 26.3 Å². The number of aryl methyl sites for hydroxylation is 1. The van der Waals surface area contributed by atoms with E-state index in [1.54, 1.807) is 0 Å². The van der Waals surface area contributed by atoms with Crippen molar-refractivity contribution in [3.05, 3.63) is 47.5 Å². The van der Waals surface area contributed by atoms with Gasteiger partial charge in [-0.15, -0.1) is 0 Å². The topological polar surface area (TPSA) is 58.7 Å². The summed E-state index contributed by atoms with van der Waals surface area (Å²) in [5.41, 5.74) is 4.45. The molecule has 3 N–H and O–H groups in total. The van der Waals surface area contributed by atoms with Crippen LogP contribution < -0.4 is 5.14 Å². The van der Waals surface area contributed by atoms with Gasteiger partial charge in [-0.25, -0.2) is 0 Å². The van der Waals surface area contributed by atoms with Gasteiger partial charge in [-0.05, 0) is 71.5 Å². The van der Waals surface area contributed by atoms with E-state index < -0.39 is 0 Å². The molecule has 2 aromatic rings. The fourth-order valence-corrected chi connectivity index (χ4v) is 3.36. The summed E-state index contributed by atoms with van der Waals surface area (Å²) in [4.78, 5) is 3.39. The minimum atomic E-state index is 0.308. The molecule has 0 spiro atoms. The lowest BCUT2D eigenvalue weighted by atomic mass is 9.98. The zero-order valence-corrected chi connectivity index (χ0v) is 14.1. The second kappa shape index (κ2) is 7.36. The summed E-state index contributed by atoms with van der Waals surface area (Å²) in [6.07, 6.45) is 0. The summed E-state index contributed by atoms with van der Waals surface area (Å²) in [6, 6.07) is 12.0. The van der Waals surface area contributed by atoms with Crippen LogP contribution in [0.15, 0.2) is 41.3 Å². The summed E-state index contributed by atoms with van der Waals surface area (Å²) in [7, 11) is 0. The molecule has 0 atom stereocenters. The van der Waals surface area contributed by atoms with Gasteiger partial charge in [0.05, 0.1) is 13.2 Å². The fourth-order valence-electron chi connectivity index (χ4n) is 2.97. The maximum atomic E-state index is 10.1. The summed E-state index contributed by atoms with van der Waals surface area (Å²) < 4.78 is 5.39. The number of benzene rings is 2. The van der Waals surface area contributed by atoms with Gasteiger partial charge in [0, 0.05) is 24.5 Å². The molecule has 1 aliphatic rings. The third kappa shape index (κ3) is 4.06. The predicted molar refractivity (Wildman–Crippen MR) is 94.4 cm³/mol. The smallest absolute Gasteiger partial charge is 0.116 e. The average Bonchev–Trinajstić information content (AvgIpc) is 2.55. The Morgan fingerprint density at radius 3 is 2.65 bits per heavy atom. The third-order valence-electron chi connectivity index (χ3n) is 4.13. The highest BCUT2D eigenvalue weighted by Crippen LogP contribution is 2.30. The highest BCUT2D eigenvalue weighted by Gasteiger charge is 2.12. The molecule has 1 heterocycles. The van der Waals surface area contributed by atoms with E-state index in [4.69, 9.17) is 9.88 Å². The highest BCUT2D eigenvalue weighted by atomic mass is 32.2. The highest BCUT2D eigenvalue weighted by molar-refractivity contribution is 7.97. The Balaban J connectivity index is 1.87. The second-order valence-electron chi connectivity index (χ2n) is 5.87. The van der Waals surface area contributed by atoms with Crippen molar-refractivity contribution in [2.45, 2.75) is 18.4 Å². The number of hydrogen-bond acceptors (Lipinski definition) is 5. The molecule has 122 valence electrons. The van der Waals surface area contributed by atoms with Gasteiger partial charge < -0.3 is 9.84 Å². The number of nitrogens with two attached hydrogens (primary N) is 1. The van der Waals surface area contributed by atoms with E-state index in [0.29, 0.717) is 5.75 Å². The van der Waals surface area contributed by atoms with Crippen LogP contribution in [0.25, 0.3) is 11.1 Å². The average molecular weight is 330 g/mol. The first kappa shape index (κ1) is 16.3. The standard InChI is InChI=1S/C18H22N2O2S/c1-13-8-17(23-19)2-3-18(13)15-9-14(10-16(21)11-15)12-20-4-6-22-7-5-20/h2-3,8-11,21H,4-7,12,19H2,1H3. The molecule has 23 heavy (non-hydrogen) atoms. The lowest BCUT2D eigenvalue weighted by Crippen LogP contribution is -2.35. The molecule has 4 nitrogen and oxygen atoms in total. The first-order valence-corrected chi connectivity index (χ1v) is 8.64. The minimum Gasteiger partial charge on any atom is -0.508 e. The number of morpholine rings is 1. The van der Waals surface area contributed by atoms with Crippen LogP contribution in [0.2, 0.25) is 0 Å². The number of aromatic hydroxyl groups is 1. The molecular formula is C18H22N2O2S. The van der Waals surface area contributed by atoms with Crippen LogP contribution >= 0.6 is 11.9 Å². The van der Waals surface area contributed by atoms with Crippen molar-refractivity contribution in [1.29, 1.82) is 0 Å². The number of rotatable bonds is 4. The Kier molecular flexibility index (Phi) is 5.23. The fraction of sp³-hybridized carbons (Fsp3) is 0.333. The molecule has 1 aliphatic heterocycles. The van der Waals surface area contributed by atoms with Crippen LogP contribution in [0.3, 0.4) is 0 Å². The number of phenols is 1. The van der Waals surface area contributed by atoms with Crippen LogP contribution in [0.5, 0.6) is 5.75 Å². The molecule has 0 aliphatic carbocycles. The molecule has 0 saturated carbocycles. The Morgan fingerprint density at radius 1 is 1.17 bits per heavy atom. The number of hydrogen-bond donors (Lipinski definition) is 2. The molecular weight excluding hydrogens is 308 g/mol. The van der Waals surface area contributed by atoms with Crippen LogP contribution in [-0.4, -0.2) is 36.3 Å². The Bertz CT molecular complexity index is 685. The van der Waals surface area contributed by atoms with E-state index in [2.05, 4.69) is 30.0 Å². The molecule has 1 fully saturated rings. The van der Waals surface area contributed by atoms with E-state index in [-0.39, 0.29) is 0 Å². The molecule has 0 aromatic heterocycles. The van der Waals surface area contributed by atoms with E-state index in [1.165, 1.54) is 11.9 Å². The van der Waals surface area contributed by atoms with Crippen molar-refractivity contribution in [3.63, 3.8) is 0 Å². The number of ether oxygens (including phenoxy) is 1. The predicted octanol–water partition coefficient (Wildman–Crippen LogP) is 3.17. The van der Waals surface area contributed by atoms with Crippen LogP contribution in [0.4, 0.5) is 0 Å². The monoisotopic (exact) mass is 330 g/mol. The van der Waals surface area contributed by atoms with Gasteiger partial charge >= 0.3 is 0 Å². The maximum Gasteiger partial charge on any atom is 0.116 e. The second-order valence-corrected chi connectivity index (χ2v) is 6.58. The lowest BCUT2D eigenvalue weighted by Gasteiger charge is -2.26. The Labute approximate surface area is 141 Å². The van der Waals surface area contributed by atoms with Crippen LogP contribution in [-0.2, 0) is 11.3 Å². The van der Waals surface area contributed by atoms with E-state index in [9.17, 15) is 5.11 Å². The van der Waals surface area contributed by atoms with Crippen molar-refractivity contribution < 1.29 is 9.84 Å². The van der Waals surface area contributed by atoms with Gasteiger partial charge in [0.1, 0.15) is 5.75 Å². The summed E-state index contributed by atoms with van der Waals surface area (Å²) in [6.45, 7) is 6.34. The van der Waals surface area contributed by atoms with Crippen LogP contribution in [0.1, 0.15) is 11.1 Å². The van der Waals surface area contributed by atoms with Gasteiger partial charge in [-0.2, -0.15) is 0 Å². The Morgan fingerprint density at radius 2 is 1.96 bits per heavy atom. The number of nitrogens with zero attached hydrogens (tertiary/aromatic N) is 1. The van der Waals surface area contributed by atoms with E-state index in [0.717, 1.165) is 60.0 Å². The van der Waals surface area contributed by atoms with Crippen molar-refractivity contribution in [3.8, 4) is 16.9 Å². The van der Waals surface area contributed by atoms with Gasteiger partial charge in [0.2, 0.25) is 0 Å². The normalized spacial score (nSPS) is 15.7. The first-order chi connectivity index (χ1) is 11.2. The minimum absolute atomic E-state index is 0.308. The Hall–Kier alpha value is -1.53. The molecule has 1 saturated heterocycles. The molecule has 0 radical (unpaired) electrons. The lowest BCUT2D eigenvalue weighted by molar-refractivity contribution is 0.0342. The molecule has 5 heteroatoms. The summed E-state index contributed by atoms with van der Waals surface area (Å²) in [5, 5.41) is 15.7. The third-order valence-corrected chi connectivity index (χ3v) is 4.66. The van der Waals surface area contributed by atoms with Gasteiger partial charge in [-0.3, -0.25) is 10.0 Å². The SMILES string of the molecule is Cc1cc(SN)ccc1-c1cc(O)cc(CN2CCOCC2)c1. The molecule has 0 unspecified atom stereocenters. The van der Waals surface area contributed by atoms with E-state index in [1.807, 2.05) is 18.2 Å². The van der Waals surface area contributed by atoms with Crippen molar-refractivity contribution in [2.24, 2.45) is 5.14 Å². The van der Waals surface area contributed by atoms with Gasteiger partial charge in [0.25, 0.3) is 0 Å². The van der Waals surface area contributed by atoms with E-state index >= 15 is 0 Å². The molecule has 0 bridgehead atoms. The molecule has 2 aromatic carbocycles. The van der Waals surface area contributed by atoms with Crippen molar-refractivity contribution >= 4 is 11.9 Å². The number of phenolic OH excluding ortho intramolecular Hbond substituents is 1. The largest absolute Gasteiger partial charge is 0.508 e. The quantitative estimate of drug-likeness (QED) is 0.843. The zero-order chi connectivity index (χ0) is 16.2. The van der Waals surface area contributed by atoms with Gasteiger partial charge in [0.15, 0.2) is 0 Å². The zero-order valence-electron chi connectivity index (χ0n) is 13.3.